The highest BCUT2D eigenvalue weighted by Gasteiger charge is 2.22. The van der Waals surface area contributed by atoms with Crippen molar-refractivity contribution < 1.29 is 0 Å². The Kier molecular flexibility index (Phi) is 6.29. The fourth-order valence-electron chi connectivity index (χ4n) is 3.74. The molecule has 1 saturated heterocycles. The van der Waals surface area contributed by atoms with Gasteiger partial charge in [-0.15, -0.1) is 10.2 Å². The highest BCUT2D eigenvalue weighted by atomic mass is 32.1. The third kappa shape index (κ3) is 4.94. The van der Waals surface area contributed by atoms with Crippen LogP contribution in [0.4, 0.5) is 10.9 Å². The minimum Gasteiger partial charge on any atom is -0.315 e. The number of aryl methyl sites for hydroxylation is 1. The Morgan fingerprint density at radius 1 is 1.11 bits per heavy atom. The third-order valence-electron chi connectivity index (χ3n) is 5.26. The molecule has 0 amide bonds. The van der Waals surface area contributed by atoms with Crippen molar-refractivity contribution in [2.45, 2.75) is 38.5 Å². The molecule has 2 aromatic heterocycles. The summed E-state index contributed by atoms with van der Waals surface area (Å²) in [6.45, 7) is 5.48. The van der Waals surface area contributed by atoms with Crippen molar-refractivity contribution in [1.29, 1.82) is 0 Å². The first-order valence-electron chi connectivity index (χ1n) is 10.1. The standard InChI is InChI=1S/C22H27N5S/c1-2-21-25-26-22(28-21)24-20-12-6-11-19(23-20)18-10-7-14-27(16-18)15-13-17-8-4-3-5-9-17/h3-6,8-9,11-12,18H,2,7,10,13-16H2,1H3,(H,23,24,26)/t18-/m1/s1. The third-order valence-corrected chi connectivity index (χ3v) is 6.24. The molecule has 0 radical (unpaired) electrons. The molecule has 0 unspecified atom stereocenters. The van der Waals surface area contributed by atoms with E-state index in [0.717, 1.165) is 41.9 Å². The van der Waals surface area contributed by atoms with Gasteiger partial charge in [-0.1, -0.05) is 54.7 Å². The molecule has 146 valence electrons. The summed E-state index contributed by atoms with van der Waals surface area (Å²) in [5, 5.41) is 13.5. The molecule has 1 aliphatic rings. The first kappa shape index (κ1) is 19.0. The monoisotopic (exact) mass is 393 g/mol. The first-order chi connectivity index (χ1) is 13.8. The van der Waals surface area contributed by atoms with Crippen molar-refractivity contribution in [1.82, 2.24) is 20.1 Å². The maximum atomic E-state index is 4.88. The molecule has 1 fully saturated rings. The summed E-state index contributed by atoms with van der Waals surface area (Å²) in [5.74, 6) is 1.35. The van der Waals surface area contributed by atoms with Crippen molar-refractivity contribution in [2.24, 2.45) is 0 Å². The van der Waals surface area contributed by atoms with Crippen molar-refractivity contribution in [3.05, 3.63) is 64.8 Å². The van der Waals surface area contributed by atoms with Gasteiger partial charge in [0.25, 0.3) is 0 Å². The van der Waals surface area contributed by atoms with Crippen LogP contribution in [0.3, 0.4) is 0 Å². The van der Waals surface area contributed by atoms with Crippen LogP contribution in [0.2, 0.25) is 0 Å². The molecule has 0 bridgehead atoms. The van der Waals surface area contributed by atoms with Crippen LogP contribution >= 0.6 is 11.3 Å². The highest BCUT2D eigenvalue weighted by molar-refractivity contribution is 7.15. The number of piperidine rings is 1. The lowest BCUT2D eigenvalue weighted by Gasteiger charge is -2.32. The summed E-state index contributed by atoms with van der Waals surface area (Å²) >= 11 is 1.59. The van der Waals surface area contributed by atoms with E-state index < -0.39 is 0 Å². The molecule has 28 heavy (non-hydrogen) atoms. The second kappa shape index (κ2) is 9.26. The van der Waals surface area contributed by atoms with E-state index in [1.54, 1.807) is 11.3 Å². The van der Waals surface area contributed by atoms with Gasteiger partial charge in [0.2, 0.25) is 5.13 Å². The number of hydrogen-bond acceptors (Lipinski definition) is 6. The lowest BCUT2D eigenvalue weighted by Crippen LogP contribution is -2.36. The molecule has 1 N–H and O–H groups in total. The predicted molar refractivity (Wildman–Crippen MR) is 115 cm³/mol. The number of hydrogen-bond donors (Lipinski definition) is 1. The molecule has 5 nitrogen and oxygen atoms in total. The summed E-state index contributed by atoms with van der Waals surface area (Å²) in [4.78, 5) is 7.47. The highest BCUT2D eigenvalue weighted by Crippen LogP contribution is 2.27. The molecule has 6 heteroatoms. The van der Waals surface area contributed by atoms with Crippen molar-refractivity contribution >= 4 is 22.3 Å². The number of nitrogens with zero attached hydrogens (tertiary/aromatic N) is 4. The summed E-state index contributed by atoms with van der Waals surface area (Å²) in [7, 11) is 0. The van der Waals surface area contributed by atoms with Crippen LogP contribution in [-0.2, 0) is 12.8 Å². The number of rotatable bonds is 7. The van der Waals surface area contributed by atoms with Gasteiger partial charge in [0.05, 0.1) is 0 Å². The van der Waals surface area contributed by atoms with Crippen LogP contribution in [0.1, 0.15) is 41.9 Å². The smallest absolute Gasteiger partial charge is 0.211 e. The van der Waals surface area contributed by atoms with Gasteiger partial charge in [0, 0.05) is 24.7 Å². The fourth-order valence-corrected chi connectivity index (χ4v) is 4.42. The van der Waals surface area contributed by atoms with Gasteiger partial charge < -0.3 is 10.2 Å². The molecule has 1 aromatic carbocycles. The van der Waals surface area contributed by atoms with E-state index in [9.17, 15) is 0 Å². The number of anilines is 2. The molecule has 1 aliphatic heterocycles. The first-order valence-corrected chi connectivity index (χ1v) is 10.9. The van der Waals surface area contributed by atoms with E-state index in [-0.39, 0.29) is 0 Å². The van der Waals surface area contributed by atoms with Gasteiger partial charge in [-0.05, 0) is 49.9 Å². The summed E-state index contributed by atoms with van der Waals surface area (Å²) in [6, 6.07) is 17.0. The van der Waals surface area contributed by atoms with Crippen LogP contribution in [0, 0.1) is 0 Å². The van der Waals surface area contributed by atoms with E-state index in [2.05, 4.69) is 69.8 Å². The zero-order chi connectivity index (χ0) is 19.2. The number of pyridine rings is 1. The SMILES string of the molecule is CCc1nnc(Nc2cccc([C@@H]3CCCN(CCc4ccccc4)C3)n2)s1. The Balaban J connectivity index is 1.37. The molecule has 3 aromatic rings. The van der Waals surface area contributed by atoms with Gasteiger partial charge >= 0.3 is 0 Å². The Morgan fingerprint density at radius 3 is 2.82 bits per heavy atom. The Labute approximate surface area is 170 Å². The Morgan fingerprint density at radius 2 is 2.00 bits per heavy atom. The lowest BCUT2D eigenvalue weighted by molar-refractivity contribution is 0.208. The molecule has 3 heterocycles. The maximum absolute atomic E-state index is 4.88. The van der Waals surface area contributed by atoms with Gasteiger partial charge in [-0.3, -0.25) is 0 Å². The molecule has 0 aliphatic carbocycles. The molecule has 0 spiro atoms. The number of aromatic nitrogens is 3. The van der Waals surface area contributed by atoms with Crippen LogP contribution in [0.25, 0.3) is 0 Å². The van der Waals surface area contributed by atoms with Crippen molar-refractivity contribution in [3.8, 4) is 0 Å². The average molecular weight is 394 g/mol. The minimum atomic E-state index is 0.492. The zero-order valence-electron chi connectivity index (χ0n) is 16.3. The van der Waals surface area contributed by atoms with Crippen LogP contribution in [0.5, 0.6) is 0 Å². The number of benzene rings is 1. The normalized spacial score (nSPS) is 17.5. The summed E-state index contributed by atoms with van der Waals surface area (Å²) < 4.78 is 0. The van der Waals surface area contributed by atoms with Crippen molar-refractivity contribution in [3.63, 3.8) is 0 Å². The zero-order valence-corrected chi connectivity index (χ0v) is 17.2. The second-order valence-corrected chi connectivity index (χ2v) is 8.36. The molecule has 1 atom stereocenters. The van der Waals surface area contributed by atoms with Crippen LogP contribution < -0.4 is 5.32 Å². The van der Waals surface area contributed by atoms with Gasteiger partial charge in [0.1, 0.15) is 10.8 Å². The predicted octanol–water partition coefficient (Wildman–Crippen LogP) is 4.66. The van der Waals surface area contributed by atoms with E-state index in [4.69, 9.17) is 4.98 Å². The fraction of sp³-hybridized carbons (Fsp3) is 0.409. The Bertz CT molecular complexity index is 879. The van der Waals surface area contributed by atoms with E-state index in [1.165, 1.54) is 30.6 Å². The second-order valence-electron chi connectivity index (χ2n) is 7.30. The number of likely N-dealkylation sites (tertiary alicyclic amines) is 1. The van der Waals surface area contributed by atoms with E-state index in [1.807, 2.05) is 6.07 Å². The molecule has 0 saturated carbocycles. The van der Waals surface area contributed by atoms with E-state index in [0.29, 0.717) is 5.92 Å². The van der Waals surface area contributed by atoms with Crippen LogP contribution in [0.15, 0.2) is 48.5 Å². The Hall–Kier alpha value is -2.31. The van der Waals surface area contributed by atoms with Crippen LogP contribution in [-0.4, -0.2) is 39.7 Å². The van der Waals surface area contributed by atoms with E-state index >= 15 is 0 Å². The maximum Gasteiger partial charge on any atom is 0.211 e. The molecular formula is C22H27N5S. The van der Waals surface area contributed by atoms with Gasteiger partial charge in [-0.25, -0.2) is 4.98 Å². The topological polar surface area (TPSA) is 53.9 Å². The minimum absolute atomic E-state index is 0.492. The lowest BCUT2D eigenvalue weighted by atomic mass is 9.94. The molecular weight excluding hydrogens is 366 g/mol. The van der Waals surface area contributed by atoms with Gasteiger partial charge in [-0.2, -0.15) is 0 Å². The molecule has 4 rings (SSSR count). The number of nitrogens with one attached hydrogen (secondary N) is 1. The van der Waals surface area contributed by atoms with Crippen molar-refractivity contribution in [2.75, 3.05) is 25.0 Å². The summed E-state index contributed by atoms with van der Waals surface area (Å²) in [5.41, 5.74) is 2.59. The van der Waals surface area contributed by atoms with Gasteiger partial charge in [0.15, 0.2) is 0 Å². The quantitative estimate of drug-likeness (QED) is 0.633. The average Bonchev–Trinajstić information content (AvgIpc) is 3.21. The largest absolute Gasteiger partial charge is 0.315 e. The summed E-state index contributed by atoms with van der Waals surface area (Å²) in [6.07, 6.45) is 4.46.